The molecule has 1 aliphatic heterocycles. The van der Waals surface area contributed by atoms with E-state index < -0.39 is 0 Å². The number of rotatable bonds is 4. The van der Waals surface area contributed by atoms with Gasteiger partial charge >= 0.3 is 0 Å². The maximum absolute atomic E-state index is 2.51. The monoisotopic (exact) mass is 550 g/mol. The highest BCUT2D eigenvalue weighted by Gasteiger charge is 2.44. The summed E-state index contributed by atoms with van der Waals surface area (Å²) in [4.78, 5) is 0. The summed E-state index contributed by atoms with van der Waals surface area (Å²) >= 11 is 0. The fraction of sp³-hybridized carbons (Fsp3) is 1.00. The largest absolute Gasteiger partial charge is 1.00 e. The molecule has 140 valence electrons. The number of quaternary nitrogens is 2. The molecule has 0 atom stereocenters. The maximum atomic E-state index is 2.51. The van der Waals surface area contributed by atoms with Crippen molar-refractivity contribution in [2.45, 2.75) is 58.8 Å². The predicted molar refractivity (Wildman–Crippen MR) is 92.2 cm³/mol. The molecule has 1 heterocycles. The van der Waals surface area contributed by atoms with Gasteiger partial charge in [0.05, 0.1) is 54.4 Å². The molecule has 2 rings (SSSR count). The van der Waals surface area contributed by atoms with Crippen LogP contribution >= 0.6 is 0 Å². The first kappa shape index (κ1) is 24.4. The summed E-state index contributed by atoms with van der Waals surface area (Å²) in [7, 11) is 9.45. The molecule has 2 nitrogen and oxygen atoms in total. The van der Waals surface area contributed by atoms with Gasteiger partial charge in [-0.2, -0.15) is 0 Å². The Kier molecular flexibility index (Phi) is 9.38. The molecule has 2 fully saturated rings. The Morgan fingerprint density at radius 1 is 0.826 bits per heavy atom. The molecule has 23 heavy (non-hydrogen) atoms. The highest BCUT2D eigenvalue weighted by molar-refractivity contribution is 4.90. The molecule has 0 amide bonds. The standard InChI is InChI=1S/C19H40N2.2HI/c1-18(2)8-10-19(11-9-18)12-16-21(6,17-13-19)15-7-14-20(3,4)5;;/h7-17H2,1-6H3;2*1H/q+2;;/p-2. The molecule has 1 aliphatic carbocycles. The number of halogens is 2. The van der Waals surface area contributed by atoms with Crippen molar-refractivity contribution in [3.8, 4) is 0 Å². The zero-order chi connectivity index (χ0) is 15.8. The minimum Gasteiger partial charge on any atom is -1.00 e. The van der Waals surface area contributed by atoms with Gasteiger partial charge in [0.25, 0.3) is 0 Å². The van der Waals surface area contributed by atoms with Crippen LogP contribution in [0.5, 0.6) is 0 Å². The Hall–Kier alpha value is 1.38. The van der Waals surface area contributed by atoms with Crippen molar-refractivity contribution in [3.05, 3.63) is 0 Å². The van der Waals surface area contributed by atoms with Crippen LogP contribution in [0, 0.1) is 10.8 Å². The van der Waals surface area contributed by atoms with Crippen LogP contribution in [0.15, 0.2) is 0 Å². The van der Waals surface area contributed by atoms with Crippen LogP contribution < -0.4 is 48.0 Å². The molecular formula is C19H40I2N2. The second kappa shape index (κ2) is 8.85. The lowest BCUT2D eigenvalue weighted by Crippen LogP contribution is -3.00. The Morgan fingerprint density at radius 3 is 1.74 bits per heavy atom. The van der Waals surface area contributed by atoms with Gasteiger partial charge in [-0.15, -0.1) is 0 Å². The SMILES string of the molecule is CC1(C)CCC2(CC1)CC[N+](C)(CCC[N+](C)(C)C)CC2.[I-].[I-]. The smallest absolute Gasteiger partial charge is 0.0838 e. The molecule has 0 aromatic heterocycles. The van der Waals surface area contributed by atoms with Gasteiger partial charge in [0.2, 0.25) is 0 Å². The van der Waals surface area contributed by atoms with Gasteiger partial charge in [0.1, 0.15) is 0 Å². The lowest BCUT2D eigenvalue weighted by molar-refractivity contribution is -0.923. The van der Waals surface area contributed by atoms with E-state index in [1.54, 1.807) is 0 Å². The molecule has 1 saturated heterocycles. The Morgan fingerprint density at radius 2 is 1.30 bits per heavy atom. The lowest BCUT2D eigenvalue weighted by atomic mass is 9.61. The summed E-state index contributed by atoms with van der Waals surface area (Å²) in [6.07, 6.45) is 10.3. The summed E-state index contributed by atoms with van der Waals surface area (Å²) in [5.41, 5.74) is 1.35. The van der Waals surface area contributed by atoms with Gasteiger partial charge in [-0.1, -0.05) is 13.8 Å². The van der Waals surface area contributed by atoms with E-state index in [0.717, 1.165) is 9.90 Å². The molecule has 0 aromatic rings. The average Bonchev–Trinajstić information content (AvgIpc) is 2.35. The molecular weight excluding hydrogens is 510 g/mol. The Bertz CT molecular complexity index is 341. The first-order chi connectivity index (χ1) is 9.54. The molecule has 2 aliphatic rings. The Labute approximate surface area is 180 Å². The second-order valence-electron chi connectivity index (χ2n) is 10.3. The summed E-state index contributed by atoms with van der Waals surface area (Å²) in [6, 6.07) is 0. The number of hydrogen-bond acceptors (Lipinski definition) is 0. The van der Waals surface area contributed by atoms with Gasteiger partial charge in [-0.3, -0.25) is 0 Å². The first-order valence-corrected chi connectivity index (χ1v) is 9.18. The summed E-state index contributed by atoms with van der Waals surface area (Å²) in [6.45, 7) is 10.5. The van der Waals surface area contributed by atoms with Crippen LogP contribution in [0.25, 0.3) is 0 Å². The topological polar surface area (TPSA) is 0 Å². The van der Waals surface area contributed by atoms with Crippen LogP contribution in [-0.2, 0) is 0 Å². The number of likely N-dealkylation sites (tertiary alicyclic amines) is 1. The van der Waals surface area contributed by atoms with Crippen molar-refractivity contribution >= 4 is 0 Å². The number of piperidine rings is 1. The van der Waals surface area contributed by atoms with E-state index in [0.29, 0.717) is 5.41 Å². The fourth-order valence-electron chi connectivity index (χ4n) is 4.36. The predicted octanol–water partition coefficient (Wildman–Crippen LogP) is -2.08. The van der Waals surface area contributed by atoms with Crippen molar-refractivity contribution < 1.29 is 56.9 Å². The Balaban J connectivity index is 0.00000242. The highest BCUT2D eigenvalue weighted by atomic mass is 127. The van der Waals surface area contributed by atoms with E-state index in [2.05, 4.69) is 42.0 Å². The minimum atomic E-state index is 0. The number of nitrogens with zero attached hydrogens (tertiary/aromatic N) is 2. The minimum absolute atomic E-state index is 0. The van der Waals surface area contributed by atoms with Crippen molar-refractivity contribution in [3.63, 3.8) is 0 Å². The van der Waals surface area contributed by atoms with E-state index in [-0.39, 0.29) is 48.0 Å². The van der Waals surface area contributed by atoms with Crippen LogP contribution in [0.1, 0.15) is 58.8 Å². The summed E-state index contributed by atoms with van der Waals surface area (Å²) < 4.78 is 2.45. The summed E-state index contributed by atoms with van der Waals surface area (Å²) in [5, 5.41) is 0. The average molecular weight is 550 g/mol. The van der Waals surface area contributed by atoms with Gasteiger partial charge in [0, 0.05) is 19.3 Å². The van der Waals surface area contributed by atoms with Crippen molar-refractivity contribution in [1.29, 1.82) is 0 Å². The highest BCUT2D eigenvalue weighted by Crippen LogP contribution is 2.50. The van der Waals surface area contributed by atoms with Crippen molar-refractivity contribution in [2.24, 2.45) is 10.8 Å². The van der Waals surface area contributed by atoms with Gasteiger partial charge in [-0.05, 0) is 36.5 Å². The number of hydrogen-bond donors (Lipinski definition) is 0. The normalized spacial score (nSPS) is 25.3. The zero-order valence-electron chi connectivity index (χ0n) is 16.4. The fourth-order valence-corrected chi connectivity index (χ4v) is 4.36. The van der Waals surface area contributed by atoms with E-state index in [4.69, 9.17) is 0 Å². The van der Waals surface area contributed by atoms with E-state index in [1.165, 1.54) is 75.6 Å². The van der Waals surface area contributed by atoms with Gasteiger partial charge < -0.3 is 56.9 Å². The maximum Gasteiger partial charge on any atom is 0.0838 e. The lowest BCUT2D eigenvalue weighted by Gasteiger charge is -2.50. The van der Waals surface area contributed by atoms with Crippen LogP contribution in [0.3, 0.4) is 0 Å². The van der Waals surface area contributed by atoms with E-state index >= 15 is 0 Å². The molecule has 0 N–H and O–H groups in total. The quantitative estimate of drug-likeness (QED) is 0.279. The molecule has 0 unspecified atom stereocenters. The van der Waals surface area contributed by atoms with Crippen molar-refractivity contribution in [1.82, 2.24) is 0 Å². The van der Waals surface area contributed by atoms with E-state index in [1.807, 2.05) is 0 Å². The first-order valence-electron chi connectivity index (χ1n) is 9.18. The molecule has 1 saturated carbocycles. The van der Waals surface area contributed by atoms with Gasteiger partial charge in [0.15, 0.2) is 0 Å². The molecule has 0 radical (unpaired) electrons. The summed E-state index contributed by atoms with van der Waals surface area (Å²) in [5.74, 6) is 0. The van der Waals surface area contributed by atoms with Crippen molar-refractivity contribution in [2.75, 3.05) is 54.4 Å². The van der Waals surface area contributed by atoms with Crippen LogP contribution in [0.4, 0.5) is 0 Å². The van der Waals surface area contributed by atoms with Crippen LogP contribution in [-0.4, -0.2) is 63.3 Å². The second-order valence-corrected chi connectivity index (χ2v) is 10.3. The van der Waals surface area contributed by atoms with E-state index in [9.17, 15) is 0 Å². The third-order valence-corrected chi connectivity index (χ3v) is 6.56. The van der Waals surface area contributed by atoms with Crippen LogP contribution in [0.2, 0.25) is 0 Å². The third-order valence-electron chi connectivity index (χ3n) is 6.56. The molecule has 0 bridgehead atoms. The molecule has 4 heteroatoms. The van der Waals surface area contributed by atoms with Gasteiger partial charge in [-0.25, -0.2) is 0 Å². The third kappa shape index (κ3) is 7.65. The zero-order valence-corrected chi connectivity index (χ0v) is 20.7. The molecule has 0 aromatic carbocycles. The molecule has 1 spiro atoms.